The lowest BCUT2D eigenvalue weighted by Crippen LogP contribution is -2.36. The van der Waals surface area contributed by atoms with E-state index in [1.54, 1.807) is 0 Å². The lowest BCUT2D eigenvalue weighted by atomic mass is 10.1. The third-order valence-electron chi connectivity index (χ3n) is 4.80. The van der Waals surface area contributed by atoms with Gasteiger partial charge in [0, 0.05) is 37.2 Å². The van der Waals surface area contributed by atoms with Crippen LogP contribution in [0.5, 0.6) is 0 Å². The van der Waals surface area contributed by atoms with Gasteiger partial charge in [0.05, 0.1) is 12.2 Å². The maximum absolute atomic E-state index is 4.62. The van der Waals surface area contributed by atoms with Gasteiger partial charge in [-0.15, -0.1) is 0 Å². The molecule has 5 nitrogen and oxygen atoms in total. The van der Waals surface area contributed by atoms with Crippen molar-refractivity contribution in [2.75, 3.05) is 13.1 Å². The number of rotatable bonds is 6. The van der Waals surface area contributed by atoms with Crippen molar-refractivity contribution in [2.24, 2.45) is 0 Å². The summed E-state index contributed by atoms with van der Waals surface area (Å²) in [7, 11) is 0. The zero-order chi connectivity index (χ0) is 16.8. The number of hydrogen-bond donors (Lipinski definition) is 1. The second-order valence-electron chi connectivity index (χ2n) is 6.91. The van der Waals surface area contributed by atoms with Gasteiger partial charge in [-0.2, -0.15) is 0 Å². The molecule has 0 aromatic carbocycles. The summed E-state index contributed by atoms with van der Waals surface area (Å²) in [6.07, 6.45) is 9.56. The first kappa shape index (κ1) is 17.1. The first-order chi connectivity index (χ1) is 11.7. The second-order valence-corrected chi connectivity index (χ2v) is 6.91. The van der Waals surface area contributed by atoms with Crippen LogP contribution < -0.4 is 5.32 Å². The number of nitrogens with zero attached hydrogens (tertiary/aromatic N) is 4. The Morgan fingerprint density at radius 1 is 1.17 bits per heavy atom. The van der Waals surface area contributed by atoms with Gasteiger partial charge in [-0.3, -0.25) is 9.88 Å². The molecule has 0 bridgehead atoms. The van der Waals surface area contributed by atoms with Crippen molar-refractivity contribution in [2.45, 2.75) is 58.3 Å². The molecule has 0 spiro atoms. The predicted molar refractivity (Wildman–Crippen MR) is 96.6 cm³/mol. The molecule has 0 radical (unpaired) electrons. The van der Waals surface area contributed by atoms with Crippen LogP contribution in [0.4, 0.5) is 0 Å². The van der Waals surface area contributed by atoms with Gasteiger partial charge >= 0.3 is 0 Å². The lowest BCUT2D eigenvalue weighted by molar-refractivity contribution is 0.155. The van der Waals surface area contributed by atoms with Crippen LogP contribution in [0.15, 0.2) is 36.8 Å². The SMILES string of the molecule is CC(C)n1ccnc1CN(Cc1ccccn1)C1CCCNCC1. The van der Waals surface area contributed by atoms with E-state index in [1.165, 1.54) is 19.3 Å². The molecule has 130 valence electrons. The van der Waals surface area contributed by atoms with Gasteiger partial charge in [0.1, 0.15) is 5.82 Å². The number of imidazole rings is 1. The van der Waals surface area contributed by atoms with E-state index in [2.05, 4.69) is 56.9 Å². The molecular formula is C19H29N5. The molecule has 5 heteroatoms. The van der Waals surface area contributed by atoms with Crippen LogP contribution in [0.25, 0.3) is 0 Å². The Kier molecular flexibility index (Phi) is 5.99. The summed E-state index contributed by atoms with van der Waals surface area (Å²) in [6, 6.07) is 7.20. The molecule has 1 saturated heterocycles. The number of hydrogen-bond acceptors (Lipinski definition) is 4. The number of nitrogens with one attached hydrogen (secondary N) is 1. The third kappa shape index (κ3) is 4.42. The smallest absolute Gasteiger partial charge is 0.123 e. The Morgan fingerprint density at radius 3 is 2.88 bits per heavy atom. The minimum absolute atomic E-state index is 0.440. The topological polar surface area (TPSA) is 46.0 Å². The molecule has 3 rings (SSSR count). The van der Waals surface area contributed by atoms with E-state index in [9.17, 15) is 0 Å². The quantitative estimate of drug-likeness (QED) is 0.886. The van der Waals surface area contributed by atoms with Crippen molar-refractivity contribution in [3.05, 3.63) is 48.3 Å². The molecular weight excluding hydrogens is 298 g/mol. The Bertz CT molecular complexity index is 599. The fourth-order valence-corrected chi connectivity index (χ4v) is 3.50. The minimum atomic E-state index is 0.440. The van der Waals surface area contributed by atoms with Crippen molar-refractivity contribution >= 4 is 0 Å². The monoisotopic (exact) mass is 327 g/mol. The van der Waals surface area contributed by atoms with Gasteiger partial charge in [0.25, 0.3) is 0 Å². The molecule has 1 N–H and O–H groups in total. The van der Waals surface area contributed by atoms with Gasteiger partial charge in [-0.05, 0) is 58.3 Å². The highest BCUT2D eigenvalue weighted by molar-refractivity contribution is 5.04. The summed E-state index contributed by atoms with van der Waals surface area (Å²) >= 11 is 0. The Labute approximate surface area is 145 Å². The highest BCUT2D eigenvalue weighted by Crippen LogP contribution is 2.20. The van der Waals surface area contributed by atoms with Crippen molar-refractivity contribution in [3.63, 3.8) is 0 Å². The minimum Gasteiger partial charge on any atom is -0.331 e. The fourth-order valence-electron chi connectivity index (χ4n) is 3.50. The van der Waals surface area contributed by atoms with Crippen LogP contribution >= 0.6 is 0 Å². The highest BCUT2D eigenvalue weighted by atomic mass is 15.2. The first-order valence-electron chi connectivity index (χ1n) is 9.10. The molecule has 3 heterocycles. The van der Waals surface area contributed by atoms with Crippen molar-refractivity contribution in [1.29, 1.82) is 0 Å². The fraction of sp³-hybridized carbons (Fsp3) is 0.579. The molecule has 1 unspecified atom stereocenters. The highest BCUT2D eigenvalue weighted by Gasteiger charge is 2.22. The summed E-state index contributed by atoms with van der Waals surface area (Å²) in [5.74, 6) is 1.15. The van der Waals surface area contributed by atoms with Crippen LogP contribution in [0.3, 0.4) is 0 Å². The lowest BCUT2D eigenvalue weighted by Gasteiger charge is -2.31. The van der Waals surface area contributed by atoms with Gasteiger partial charge in [-0.1, -0.05) is 6.07 Å². The maximum Gasteiger partial charge on any atom is 0.123 e. The molecule has 0 aliphatic carbocycles. The second kappa shape index (κ2) is 8.40. The van der Waals surface area contributed by atoms with Crippen LogP contribution in [0.2, 0.25) is 0 Å². The maximum atomic E-state index is 4.62. The zero-order valence-electron chi connectivity index (χ0n) is 14.9. The van der Waals surface area contributed by atoms with Gasteiger partial charge in [0.15, 0.2) is 0 Å². The van der Waals surface area contributed by atoms with E-state index in [-0.39, 0.29) is 0 Å². The first-order valence-corrected chi connectivity index (χ1v) is 9.10. The van der Waals surface area contributed by atoms with Crippen molar-refractivity contribution in [1.82, 2.24) is 24.8 Å². The van der Waals surface area contributed by atoms with E-state index in [0.29, 0.717) is 12.1 Å². The molecule has 1 aliphatic rings. The molecule has 0 saturated carbocycles. The van der Waals surface area contributed by atoms with Crippen molar-refractivity contribution in [3.8, 4) is 0 Å². The van der Waals surface area contributed by atoms with E-state index >= 15 is 0 Å². The standard InChI is InChI=1S/C19H29N5/c1-16(2)24-13-12-22-19(24)15-23(14-17-6-3-4-10-21-17)18-7-5-9-20-11-8-18/h3-4,6,10,12-13,16,18,20H,5,7-9,11,14-15H2,1-2H3. The summed E-state index contributed by atoms with van der Waals surface area (Å²) in [4.78, 5) is 11.7. The molecule has 2 aromatic heterocycles. The average molecular weight is 327 g/mol. The van der Waals surface area contributed by atoms with Crippen molar-refractivity contribution < 1.29 is 0 Å². The van der Waals surface area contributed by atoms with Crippen LogP contribution in [-0.4, -0.2) is 38.6 Å². The van der Waals surface area contributed by atoms with Crippen LogP contribution in [-0.2, 0) is 13.1 Å². The molecule has 1 fully saturated rings. The predicted octanol–water partition coefficient (Wildman–Crippen LogP) is 3.00. The molecule has 1 atom stereocenters. The average Bonchev–Trinajstić information content (AvgIpc) is 2.88. The summed E-state index contributed by atoms with van der Waals surface area (Å²) in [6.45, 7) is 8.42. The Hall–Kier alpha value is -1.72. The van der Waals surface area contributed by atoms with Crippen LogP contribution in [0.1, 0.15) is 50.7 Å². The number of aromatic nitrogens is 3. The van der Waals surface area contributed by atoms with Crippen LogP contribution in [0, 0.1) is 0 Å². The molecule has 0 amide bonds. The zero-order valence-corrected chi connectivity index (χ0v) is 14.9. The summed E-state index contributed by atoms with van der Waals surface area (Å²) in [5, 5.41) is 3.52. The largest absolute Gasteiger partial charge is 0.331 e. The third-order valence-corrected chi connectivity index (χ3v) is 4.80. The van der Waals surface area contributed by atoms with Gasteiger partial charge in [0.2, 0.25) is 0 Å². The number of pyridine rings is 1. The Balaban J connectivity index is 1.79. The Morgan fingerprint density at radius 2 is 2.08 bits per heavy atom. The van der Waals surface area contributed by atoms with Gasteiger partial charge in [-0.25, -0.2) is 4.98 Å². The normalized spacial score (nSPS) is 18.9. The molecule has 1 aliphatic heterocycles. The van der Waals surface area contributed by atoms with E-state index in [1.807, 2.05) is 18.5 Å². The summed E-state index contributed by atoms with van der Waals surface area (Å²) < 4.78 is 2.28. The summed E-state index contributed by atoms with van der Waals surface area (Å²) in [5.41, 5.74) is 1.14. The van der Waals surface area contributed by atoms with E-state index in [0.717, 1.165) is 37.7 Å². The van der Waals surface area contributed by atoms with Gasteiger partial charge < -0.3 is 9.88 Å². The molecule has 2 aromatic rings. The van der Waals surface area contributed by atoms with E-state index in [4.69, 9.17) is 0 Å². The molecule has 24 heavy (non-hydrogen) atoms. The van der Waals surface area contributed by atoms with E-state index < -0.39 is 0 Å².